The van der Waals surface area contributed by atoms with Gasteiger partial charge in [0.2, 0.25) is 0 Å². The molecule has 0 heterocycles. The molecule has 0 aliphatic carbocycles. The molecule has 1 unspecified atom stereocenters. The van der Waals surface area contributed by atoms with E-state index in [0.717, 1.165) is 17.2 Å². The minimum atomic E-state index is 0.489. The first-order valence-electron chi connectivity index (χ1n) is 5.25. The molecular weight excluding hydrogens is 220 g/mol. The van der Waals surface area contributed by atoms with Gasteiger partial charge >= 0.3 is 0 Å². The van der Waals surface area contributed by atoms with E-state index in [9.17, 15) is 0 Å². The van der Waals surface area contributed by atoms with Gasteiger partial charge in [0.05, 0.1) is 12.8 Å². The highest BCUT2D eigenvalue weighted by Gasteiger charge is 2.11. The number of hydrogen-bond acceptors (Lipinski definition) is 4. The molecule has 1 atom stereocenters. The second-order valence-electron chi connectivity index (χ2n) is 3.84. The number of nitrogen functional groups attached to an aromatic ring is 1. The lowest BCUT2D eigenvalue weighted by Gasteiger charge is -2.27. The Morgan fingerprint density at radius 1 is 1.50 bits per heavy atom. The van der Waals surface area contributed by atoms with Crippen LogP contribution in [0.3, 0.4) is 0 Å². The molecule has 16 heavy (non-hydrogen) atoms. The molecule has 0 fully saturated rings. The Morgan fingerprint density at radius 2 is 2.19 bits per heavy atom. The van der Waals surface area contributed by atoms with Crippen molar-refractivity contribution < 1.29 is 4.74 Å². The maximum Gasteiger partial charge on any atom is 0.143 e. The van der Waals surface area contributed by atoms with E-state index in [-0.39, 0.29) is 0 Å². The molecule has 3 nitrogen and oxygen atoms in total. The van der Waals surface area contributed by atoms with E-state index in [1.165, 1.54) is 0 Å². The zero-order valence-electron chi connectivity index (χ0n) is 10.4. The van der Waals surface area contributed by atoms with Crippen LogP contribution in [-0.2, 0) is 0 Å². The van der Waals surface area contributed by atoms with Crippen molar-refractivity contribution in [3.8, 4) is 5.75 Å². The highest BCUT2D eigenvalue weighted by Crippen LogP contribution is 2.27. The zero-order valence-corrected chi connectivity index (χ0v) is 11.2. The molecule has 1 rings (SSSR count). The van der Waals surface area contributed by atoms with Crippen LogP contribution in [0.1, 0.15) is 6.92 Å². The molecule has 0 aromatic heterocycles. The van der Waals surface area contributed by atoms with Gasteiger partial charge in [0.15, 0.2) is 0 Å². The van der Waals surface area contributed by atoms with Crippen molar-refractivity contribution in [3.05, 3.63) is 18.2 Å². The second kappa shape index (κ2) is 5.89. The maximum atomic E-state index is 5.79. The lowest BCUT2D eigenvalue weighted by Crippen LogP contribution is -2.30. The van der Waals surface area contributed by atoms with Crippen LogP contribution in [0.4, 0.5) is 11.4 Å². The molecule has 0 spiro atoms. The SMILES string of the molecule is COc1cc(N(C)C(C)CSC)ccc1N. The number of hydrogen-bond donors (Lipinski definition) is 1. The third kappa shape index (κ3) is 2.98. The minimum Gasteiger partial charge on any atom is -0.495 e. The summed E-state index contributed by atoms with van der Waals surface area (Å²) >= 11 is 1.85. The first-order valence-corrected chi connectivity index (χ1v) is 6.64. The van der Waals surface area contributed by atoms with Crippen molar-refractivity contribution in [1.29, 1.82) is 0 Å². The molecule has 0 saturated carbocycles. The molecule has 0 aliphatic rings. The fourth-order valence-corrected chi connectivity index (χ4v) is 2.23. The van der Waals surface area contributed by atoms with Gasteiger partial charge in [-0.15, -0.1) is 0 Å². The smallest absolute Gasteiger partial charge is 0.143 e. The maximum absolute atomic E-state index is 5.79. The number of anilines is 2. The van der Waals surface area contributed by atoms with Gasteiger partial charge in [0.25, 0.3) is 0 Å². The Hall–Kier alpha value is -1.03. The van der Waals surface area contributed by atoms with Crippen molar-refractivity contribution in [2.45, 2.75) is 13.0 Å². The molecule has 0 radical (unpaired) electrons. The highest BCUT2D eigenvalue weighted by atomic mass is 32.2. The summed E-state index contributed by atoms with van der Waals surface area (Å²) in [6, 6.07) is 6.38. The van der Waals surface area contributed by atoms with E-state index >= 15 is 0 Å². The van der Waals surface area contributed by atoms with Crippen LogP contribution in [0.5, 0.6) is 5.75 Å². The number of methoxy groups -OCH3 is 1. The van der Waals surface area contributed by atoms with Crippen molar-refractivity contribution in [1.82, 2.24) is 0 Å². The van der Waals surface area contributed by atoms with Crippen LogP contribution in [0.2, 0.25) is 0 Å². The monoisotopic (exact) mass is 240 g/mol. The molecule has 1 aromatic rings. The molecule has 4 heteroatoms. The van der Waals surface area contributed by atoms with Crippen molar-refractivity contribution >= 4 is 23.1 Å². The Bertz CT molecular complexity index is 344. The third-order valence-electron chi connectivity index (χ3n) is 2.69. The van der Waals surface area contributed by atoms with Gasteiger partial charge in [-0.25, -0.2) is 0 Å². The summed E-state index contributed by atoms with van der Waals surface area (Å²) < 4.78 is 5.22. The van der Waals surface area contributed by atoms with Crippen molar-refractivity contribution in [2.75, 3.05) is 36.8 Å². The Morgan fingerprint density at radius 3 is 2.75 bits per heavy atom. The van der Waals surface area contributed by atoms with E-state index in [2.05, 4.69) is 25.1 Å². The Labute approximate surface area is 102 Å². The van der Waals surface area contributed by atoms with Crippen molar-refractivity contribution in [3.63, 3.8) is 0 Å². The highest BCUT2D eigenvalue weighted by molar-refractivity contribution is 7.98. The van der Waals surface area contributed by atoms with Gasteiger partial charge in [-0.05, 0) is 25.3 Å². The fourth-order valence-electron chi connectivity index (χ4n) is 1.53. The third-order valence-corrected chi connectivity index (χ3v) is 3.51. The standard InChI is InChI=1S/C12H20N2OS/c1-9(8-16-4)14(2)10-5-6-11(13)12(7-10)15-3/h5-7,9H,8,13H2,1-4H3. The summed E-state index contributed by atoms with van der Waals surface area (Å²) in [5, 5.41) is 0. The number of nitrogens with zero attached hydrogens (tertiary/aromatic N) is 1. The van der Waals surface area contributed by atoms with Crippen LogP contribution < -0.4 is 15.4 Å². The number of benzene rings is 1. The first-order chi connectivity index (χ1) is 7.60. The second-order valence-corrected chi connectivity index (χ2v) is 4.75. The average molecular weight is 240 g/mol. The van der Waals surface area contributed by atoms with Gasteiger partial charge in [0.1, 0.15) is 5.75 Å². The normalized spacial score (nSPS) is 12.2. The van der Waals surface area contributed by atoms with Crippen LogP contribution in [0, 0.1) is 0 Å². The van der Waals surface area contributed by atoms with E-state index in [0.29, 0.717) is 11.7 Å². The van der Waals surface area contributed by atoms with E-state index < -0.39 is 0 Å². The van der Waals surface area contributed by atoms with E-state index in [4.69, 9.17) is 10.5 Å². The largest absolute Gasteiger partial charge is 0.495 e. The Kier molecular flexibility index (Phi) is 4.80. The zero-order chi connectivity index (χ0) is 12.1. The quantitative estimate of drug-likeness (QED) is 0.802. The summed E-state index contributed by atoms with van der Waals surface area (Å²) in [6.07, 6.45) is 2.12. The average Bonchev–Trinajstić information content (AvgIpc) is 2.29. The molecule has 90 valence electrons. The molecule has 1 aromatic carbocycles. The van der Waals surface area contributed by atoms with Crippen molar-refractivity contribution in [2.24, 2.45) is 0 Å². The predicted octanol–water partition coefficient (Wildman–Crippen LogP) is 2.47. The van der Waals surface area contributed by atoms with Crippen LogP contribution in [0.25, 0.3) is 0 Å². The van der Waals surface area contributed by atoms with Gasteiger partial charge < -0.3 is 15.4 Å². The summed E-state index contributed by atoms with van der Waals surface area (Å²) in [5.41, 5.74) is 7.60. The predicted molar refractivity (Wildman–Crippen MR) is 73.7 cm³/mol. The van der Waals surface area contributed by atoms with Gasteiger partial charge in [-0.1, -0.05) is 0 Å². The number of rotatable bonds is 5. The molecule has 0 saturated heterocycles. The molecule has 2 N–H and O–H groups in total. The number of ether oxygens (including phenoxy) is 1. The summed E-state index contributed by atoms with van der Waals surface area (Å²) in [4.78, 5) is 2.23. The molecule has 0 aliphatic heterocycles. The summed E-state index contributed by atoms with van der Waals surface area (Å²) in [7, 11) is 3.73. The number of thioether (sulfide) groups is 1. The lowest BCUT2D eigenvalue weighted by atomic mass is 10.2. The topological polar surface area (TPSA) is 38.5 Å². The van der Waals surface area contributed by atoms with Crippen LogP contribution in [-0.4, -0.2) is 32.2 Å². The van der Waals surface area contributed by atoms with Crippen LogP contribution in [0.15, 0.2) is 18.2 Å². The summed E-state index contributed by atoms with van der Waals surface area (Å²) in [6.45, 7) is 2.21. The van der Waals surface area contributed by atoms with Crippen LogP contribution >= 0.6 is 11.8 Å². The van der Waals surface area contributed by atoms with Gasteiger partial charge in [-0.3, -0.25) is 0 Å². The molecular formula is C12H20N2OS. The molecule has 0 bridgehead atoms. The fraction of sp³-hybridized carbons (Fsp3) is 0.500. The van der Waals surface area contributed by atoms with E-state index in [1.54, 1.807) is 7.11 Å². The lowest BCUT2D eigenvalue weighted by molar-refractivity contribution is 0.417. The van der Waals surface area contributed by atoms with Gasteiger partial charge in [-0.2, -0.15) is 11.8 Å². The minimum absolute atomic E-state index is 0.489. The first kappa shape index (κ1) is 13.0. The summed E-state index contributed by atoms with van der Waals surface area (Å²) in [5.74, 6) is 1.84. The number of nitrogens with two attached hydrogens (primary N) is 1. The molecule has 0 amide bonds. The van der Waals surface area contributed by atoms with E-state index in [1.807, 2.05) is 30.0 Å². The Balaban J connectivity index is 2.87. The van der Waals surface area contributed by atoms with Gasteiger partial charge in [0, 0.05) is 30.6 Å².